The normalized spacial score (nSPS) is 12.9. The fourth-order valence-electron chi connectivity index (χ4n) is 2.35. The summed E-state index contributed by atoms with van der Waals surface area (Å²) in [6.07, 6.45) is 1.60. The van der Waals surface area contributed by atoms with Gasteiger partial charge in [-0.15, -0.1) is 11.8 Å². The van der Waals surface area contributed by atoms with Gasteiger partial charge in [-0.25, -0.2) is 4.98 Å². The van der Waals surface area contributed by atoms with E-state index in [9.17, 15) is 0 Å². The number of aromatic nitrogens is 2. The molecule has 0 saturated carbocycles. The van der Waals surface area contributed by atoms with E-state index in [1.165, 1.54) is 10.5 Å². The number of nitrogens with one attached hydrogen (secondary N) is 2. The number of anilines is 4. The number of thioether (sulfide) groups is 1. The van der Waals surface area contributed by atoms with E-state index in [2.05, 4.69) is 44.9 Å². The molecule has 0 spiro atoms. The molecule has 0 atom stereocenters. The van der Waals surface area contributed by atoms with Gasteiger partial charge < -0.3 is 10.6 Å². The number of hydrogen-bond donors (Lipinski definition) is 2. The molecule has 2 heterocycles. The standard InChI is InChI=1S/C17H13ClN4S/c18-15-9-19-17-21-12-4-1-3-11(7-12)10-23-14-6-2-5-13(8-14)20-16(15)22-17/h1-9H,10H2,(H2,19,20,21,22). The van der Waals surface area contributed by atoms with Crippen LogP contribution in [-0.4, -0.2) is 9.97 Å². The summed E-state index contributed by atoms with van der Waals surface area (Å²) in [4.78, 5) is 9.91. The maximum Gasteiger partial charge on any atom is 0.229 e. The largest absolute Gasteiger partial charge is 0.339 e. The number of hydrogen-bond acceptors (Lipinski definition) is 5. The lowest BCUT2D eigenvalue weighted by molar-refractivity contribution is 1.16. The molecule has 4 rings (SSSR count). The first-order valence-corrected chi connectivity index (χ1v) is 8.51. The Hall–Kier alpha value is -2.24. The molecular formula is C17H13ClN4S. The highest BCUT2D eigenvalue weighted by molar-refractivity contribution is 7.98. The Bertz CT molecular complexity index is 869. The second-order valence-corrected chi connectivity index (χ2v) is 6.61. The number of halogens is 1. The maximum absolute atomic E-state index is 6.21. The molecule has 1 aliphatic rings. The van der Waals surface area contributed by atoms with E-state index >= 15 is 0 Å². The van der Waals surface area contributed by atoms with Crippen molar-refractivity contribution in [2.75, 3.05) is 10.6 Å². The fraction of sp³-hybridized carbons (Fsp3) is 0.0588. The summed E-state index contributed by atoms with van der Waals surface area (Å²) >= 11 is 8.01. The minimum atomic E-state index is 0.484. The Balaban J connectivity index is 1.83. The molecule has 6 bridgehead atoms. The summed E-state index contributed by atoms with van der Waals surface area (Å²) in [5.74, 6) is 2.00. The highest BCUT2D eigenvalue weighted by Crippen LogP contribution is 2.30. The monoisotopic (exact) mass is 340 g/mol. The SMILES string of the molecule is Clc1cnc2nc1Nc1cccc(c1)SCc1cccc(c1)N2. The number of rotatable bonds is 0. The van der Waals surface area contributed by atoms with Gasteiger partial charge in [0, 0.05) is 22.0 Å². The average molecular weight is 341 g/mol. The molecule has 3 aromatic rings. The first-order valence-electron chi connectivity index (χ1n) is 7.15. The second kappa shape index (κ2) is 6.10. The van der Waals surface area contributed by atoms with Crippen molar-refractivity contribution < 1.29 is 0 Å². The first kappa shape index (κ1) is 14.4. The molecule has 0 amide bonds. The summed E-state index contributed by atoms with van der Waals surface area (Å²) in [7, 11) is 0. The van der Waals surface area contributed by atoms with Crippen molar-refractivity contribution >= 4 is 46.5 Å². The molecule has 2 aromatic carbocycles. The molecule has 0 saturated heterocycles. The van der Waals surface area contributed by atoms with Crippen molar-refractivity contribution in [3.63, 3.8) is 0 Å². The van der Waals surface area contributed by atoms with Crippen LogP contribution in [0.2, 0.25) is 5.02 Å². The summed E-state index contributed by atoms with van der Waals surface area (Å²) in [6, 6.07) is 16.5. The molecular weight excluding hydrogens is 328 g/mol. The van der Waals surface area contributed by atoms with Gasteiger partial charge in [0.25, 0.3) is 0 Å². The van der Waals surface area contributed by atoms with Gasteiger partial charge in [-0.2, -0.15) is 4.98 Å². The number of fused-ring (bicyclic) bond motifs is 6. The van der Waals surface area contributed by atoms with Gasteiger partial charge in [-0.05, 0) is 35.9 Å². The molecule has 0 radical (unpaired) electrons. The average Bonchev–Trinajstić information content (AvgIpc) is 2.57. The molecule has 0 unspecified atom stereocenters. The van der Waals surface area contributed by atoms with Crippen molar-refractivity contribution in [1.29, 1.82) is 0 Å². The molecule has 4 nitrogen and oxygen atoms in total. The molecule has 114 valence electrons. The Kier molecular flexibility index (Phi) is 3.81. The van der Waals surface area contributed by atoms with Gasteiger partial charge in [-0.3, -0.25) is 0 Å². The van der Waals surface area contributed by atoms with Crippen LogP contribution in [0.15, 0.2) is 59.6 Å². The van der Waals surface area contributed by atoms with Crippen LogP contribution < -0.4 is 10.6 Å². The van der Waals surface area contributed by atoms with Crippen molar-refractivity contribution in [3.8, 4) is 0 Å². The minimum absolute atomic E-state index is 0.484. The highest BCUT2D eigenvalue weighted by Gasteiger charge is 2.09. The minimum Gasteiger partial charge on any atom is -0.339 e. The molecule has 1 aliphatic heterocycles. The summed E-state index contributed by atoms with van der Waals surface area (Å²) in [6.45, 7) is 0. The van der Waals surface area contributed by atoms with Gasteiger partial charge in [0.15, 0.2) is 5.82 Å². The lowest BCUT2D eigenvalue weighted by atomic mass is 10.2. The highest BCUT2D eigenvalue weighted by atomic mass is 35.5. The Labute approximate surface area is 143 Å². The van der Waals surface area contributed by atoms with Crippen LogP contribution in [0.3, 0.4) is 0 Å². The van der Waals surface area contributed by atoms with E-state index in [1.54, 1.807) is 18.0 Å². The Morgan fingerprint density at radius 2 is 1.83 bits per heavy atom. The molecule has 2 N–H and O–H groups in total. The zero-order chi connectivity index (χ0) is 15.6. The lowest BCUT2D eigenvalue weighted by Gasteiger charge is -2.10. The van der Waals surface area contributed by atoms with Gasteiger partial charge in [-0.1, -0.05) is 29.8 Å². The predicted octanol–water partition coefficient (Wildman–Crippen LogP) is 5.22. The molecule has 6 heteroatoms. The Morgan fingerprint density at radius 3 is 2.74 bits per heavy atom. The van der Waals surface area contributed by atoms with Crippen LogP contribution in [0.25, 0.3) is 0 Å². The lowest BCUT2D eigenvalue weighted by Crippen LogP contribution is -2.01. The van der Waals surface area contributed by atoms with Crippen LogP contribution in [-0.2, 0) is 5.75 Å². The van der Waals surface area contributed by atoms with Crippen LogP contribution in [0.1, 0.15) is 5.56 Å². The smallest absolute Gasteiger partial charge is 0.229 e. The summed E-state index contributed by atoms with van der Waals surface area (Å²) in [5, 5.41) is 6.97. The maximum atomic E-state index is 6.21. The zero-order valence-corrected chi connectivity index (χ0v) is 13.7. The quantitative estimate of drug-likeness (QED) is 0.587. The van der Waals surface area contributed by atoms with Crippen molar-refractivity contribution in [3.05, 3.63) is 65.3 Å². The van der Waals surface area contributed by atoms with Crippen molar-refractivity contribution in [2.24, 2.45) is 0 Å². The van der Waals surface area contributed by atoms with E-state index in [0.717, 1.165) is 17.1 Å². The molecule has 0 aliphatic carbocycles. The third kappa shape index (κ3) is 3.25. The number of benzene rings is 2. The van der Waals surface area contributed by atoms with Gasteiger partial charge in [0.1, 0.15) is 5.02 Å². The fourth-order valence-corrected chi connectivity index (χ4v) is 3.39. The van der Waals surface area contributed by atoms with E-state index in [-0.39, 0.29) is 0 Å². The predicted molar refractivity (Wildman–Crippen MR) is 96.1 cm³/mol. The third-order valence-electron chi connectivity index (χ3n) is 3.43. The van der Waals surface area contributed by atoms with E-state index in [0.29, 0.717) is 16.8 Å². The van der Waals surface area contributed by atoms with Gasteiger partial charge >= 0.3 is 0 Å². The second-order valence-electron chi connectivity index (χ2n) is 5.16. The molecule has 1 aromatic heterocycles. The zero-order valence-electron chi connectivity index (χ0n) is 12.1. The first-order chi connectivity index (χ1) is 11.3. The van der Waals surface area contributed by atoms with Gasteiger partial charge in [0.2, 0.25) is 5.95 Å². The number of nitrogens with zero attached hydrogens (tertiary/aromatic N) is 2. The van der Waals surface area contributed by atoms with Crippen LogP contribution in [0.5, 0.6) is 0 Å². The van der Waals surface area contributed by atoms with E-state index in [4.69, 9.17) is 11.6 Å². The van der Waals surface area contributed by atoms with E-state index in [1.807, 2.05) is 24.3 Å². The van der Waals surface area contributed by atoms with Crippen LogP contribution >= 0.6 is 23.4 Å². The summed E-state index contributed by atoms with van der Waals surface area (Å²) < 4.78 is 0. The van der Waals surface area contributed by atoms with Gasteiger partial charge in [0.05, 0.1) is 6.20 Å². The van der Waals surface area contributed by atoms with E-state index < -0.39 is 0 Å². The van der Waals surface area contributed by atoms with Crippen LogP contribution in [0, 0.1) is 0 Å². The van der Waals surface area contributed by atoms with Crippen molar-refractivity contribution in [2.45, 2.75) is 10.6 Å². The molecule has 0 fully saturated rings. The van der Waals surface area contributed by atoms with Crippen molar-refractivity contribution in [1.82, 2.24) is 9.97 Å². The molecule has 23 heavy (non-hydrogen) atoms. The topological polar surface area (TPSA) is 49.8 Å². The van der Waals surface area contributed by atoms with Crippen LogP contribution in [0.4, 0.5) is 23.1 Å². The Morgan fingerprint density at radius 1 is 1.00 bits per heavy atom. The third-order valence-corrected chi connectivity index (χ3v) is 4.77. The summed E-state index contributed by atoms with van der Waals surface area (Å²) in [5.41, 5.74) is 3.15.